The van der Waals surface area contributed by atoms with E-state index in [4.69, 9.17) is 4.42 Å². The maximum atomic E-state index is 5.83. The van der Waals surface area contributed by atoms with Gasteiger partial charge < -0.3 is 9.73 Å². The Balaban J connectivity index is 1.55. The molecule has 3 atom stereocenters. The van der Waals surface area contributed by atoms with Gasteiger partial charge in [0.25, 0.3) is 0 Å². The van der Waals surface area contributed by atoms with Crippen LogP contribution in [-0.4, -0.2) is 35.6 Å². The molecule has 0 radical (unpaired) electrons. The van der Waals surface area contributed by atoms with Gasteiger partial charge in [-0.05, 0) is 44.0 Å². The summed E-state index contributed by atoms with van der Waals surface area (Å²) in [4.78, 5) is 7.10. The normalized spacial score (nSPS) is 31.1. The molecule has 4 nitrogen and oxygen atoms in total. The molecule has 0 spiro atoms. The van der Waals surface area contributed by atoms with Crippen molar-refractivity contribution in [3.05, 3.63) is 30.2 Å². The second-order valence-electron chi connectivity index (χ2n) is 5.83. The molecule has 0 aliphatic carbocycles. The second-order valence-corrected chi connectivity index (χ2v) is 5.83. The fourth-order valence-corrected chi connectivity index (χ4v) is 3.63. The number of rotatable bonds is 2. The molecule has 3 unspecified atom stereocenters. The van der Waals surface area contributed by atoms with Gasteiger partial charge in [0.1, 0.15) is 5.52 Å². The molecule has 100 valence electrons. The highest BCUT2D eigenvalue weighted by Gasteiger charge is 2.41. The highest BCUT2D eigenvalue weighted by molar-refractivity contribution is 5.72. The van der Waals surface area contributed by atoms with Crippen LogP contribution in [0.5, 0.6) is 0 Å². The lowest BCUT2D eigenvalue weighted by Gasteiger charge is -2.22. The first kappa shape index (κ1) is 11.4. The molecule has 0 amide bonds. The number of fused-ring (bicyclic) bond motifs is 2. The minimum absolute atomic E-state index is 0.620. The van der Waals surface area contributed by atoms with Crippen molar-refractivity contribution in [2.45, 2.75) is 19.5 Å². The van der Waals surface area contributed by atoms with Crippen molar-refractivity contribution in [3.63, 3.8) is 0 Å². The highest BCUT2D eigenvalue weighted by Crippen LogP contribution is 2.33. The molecule has 2 aliphatic heterocycles. The average Bonchev–Trinajstić information content (AvgIpc) is 3.07. The third-order valence-electron chi connectivity index (χ3n) is 4.73. The van der Waals surface area contributed by atoms with Crippen LogP contribution in [0.15, 0.2) is 28.7 Å². The molecular weight excluding hydrogens is 238 g/mol. The Hall–Kier alpha value is -1.39. The van der Waals surface area contributed by atoms with Gasteiger partial charge in [-0.25, -0.2) is 4.98 Å². The van der Waals surface area contributed by atoms with Crippen molar-refractivity contribution < 1.29 is 4.42 Å². The fourth-order valence-electron chi connectivity index (χ4n) is 3.63. The van der Waals surface area contributed by atoms with Crippen LogP contribution >= 0.6 is 0 Å². The molecule has 1 aromatic heterocycles. The van der Waals surface area contributed by atoms with Crippen LogP contribution in [0.2, 0.25) is 0 Å². The summed E-state index contributed by atoms with van der Waals surface area (Å²) in [5.41, 5.74) is 1.86. The summed E-state index contributed by atoms with van der Waals surface area (Å²) in [6.07, 6.45) is 0. The lowest BCUT2D eigenvalue weighted by molar-refractivity contribution is 0.212. The number of likely N-dealkylation sites (tertiary alicyclic amines) is 1. The van der Waals surface area contributed by atoms with Crippen molar-refractivity contribution in [3.8, 4) is 0 Å². The molecule has 2 aliphatic rings. The van der Waals surface area contributed by atoms with E-state index >= 15 is 0 Å². The Labute approximate surface area is 112 Å². The van der Waals surface area contributed by atoms with E-state index in [9.17, 15) is 0 Å². The molecule has 1 N–H and O–H groups in total. The summed E-state index contributed by atoms with van der Waals surface area (Å²) in [5.74, 6) is 2.45. The predicted octanol–water partition coefficient (Wildman–Crippen LogP) is 1.87. The van der Waals surface area contributed by atoms with Crippen LogP contribution in [0.3, 0.4) is 0 Å². The maximum Gasteiger partial charge on any atom is 0.209 e. The predicted molar refractivity (Wildman–Crippen MR) is 73.7 cm³/mol. The molecular formula is C15H19N3O. The zero-order chi connectivity index (χ0) is 12.8. The van der Waals surface area contributed by atoms with Gasteiger partial charge in [0, 0.05) is 12.6 Å². The Morgan fingerprint density at radius 3 is 3.11 bits per heavy atom. The molecule has 2 fully saturated rings. The van der Waals surface area contributed by atoms with Gasteiger partial charge in [0.15, 0.2) is 5.58 Å². The lowest BCUT2D eigenvalue weighted by atomic mass is 9.95. The van der Waals surface area contributed by atoms with Crippen LogP contribution in [0.4, 0.5) is 0 Å². The number of benzene rings is 1. The maximum absolute atomic E-state index is 5.83. The molecule has 2 saturated heterocycles. The van der Waals surface area contributed by atoms with E-state index < -0.39 is 0 Å². The van der Waals surface area contributed by atoms with E-state index in [-0.39, 0.29) is 0 Å². The van der Waals surface area contributed by atoms with Crippen molar-refractivity contribution in [1.29, 1.82) is 0 Å². The number of para-hydroxylation sites is 2. The topological polar surface area (TPSA) is 41.3 Å². The van der Waals surface area contributed by atoms with Gasteiger partial charge in [0.2, 0.25) is 5.89 Å². The largest absolute Gasteiger partial charge is 0.439 e. The molecule has 4 rings (SSSR count). The third kappa shape index (κ3) is 1.86. The zero-order valence-corrected chi connectivity index (χ0v) is 11.2. The standard InChI is InChI=1S/C15H19N3O/c1-10-12-7-16-6-11(12)8-18(10)9-15-17-13-4-2-3-5-14(13)19-15/h2-5,10-12,16H,6-9H2,1H3. The number of hydrogen-bond acceptors (Lipinski definition) is 4. The van der Waals surface area contributed by atoms with Crippen molar-refractivity contribution >= 4 is 11.1 Å². The Morgan fingerprint density at radius 1 is 1.37 bits per heavy atom. The van der Waals surface area contributed by atoms with Gasteiger partial charge in [-0.2, -0.15) is 0 Å². The zero-order valence-electron chi connectivity index (χ0n) is 11.2. The molecule has 0 saturated carbocycles. The van der Waals surface area contributed by atoms with Crippen LogP contribution < -0.4 is 5.32 Å². The van der Waals surface area contributed by atoms with E-state index in [0.29, 0.717) is 6.04 Å². The van der Waals surface area contributed by atoms with Gasteiger partial charge >= 0.3 is 0 Å². The minimum atomic E-state index is 0.620. The van der Waals surface area contributed by atoms with E-state index in [0.717, 1.165) is 48.5 Å². The van der Waals surface area contributed by atoms with E-state index in [2.05, 4.69) is 22.1 Å². The van der Waals surface area contributed by atoms with Gasteiger partial charge in [-0.15, -0.1) is 0 Å². The number of hydrogen-bond donors (Lipinski definition) is 1. The highest BCUT2D eigenvalue weighted by atomic mass is 16.3. The van der Waals surface area contributed by atoms with Crippen LogP contribution in [0.25, 0.3) is 11.1 Å². The van der Waals surface area contributed by atoms with E-state index in [1.165, 1.54) is 6.54 Å². The Kier molecular flexibility index (Phi) is 2.60. The van der Waals surface area contributed by atoms with Gasteiger partial charge in [0.05, 0.1) is 6.54 Å². The first-order valence-corrected chi connectivity index (χ1v) is 7.10. The summed E-state index contributed by atoms with van der Waals surface area (Å²) in [5, 5.41) is 3.49. The summed E-state index contributed by atoms with van der Waals surface area (Å²) >= 11 is 0. The average molecular weight is 257 g/mol. The Morgan fingerprint density at radius 2 is 2.26 bits per heavy atom. The summed E-state index contributed by atoms with van der Waals surface area (Å²) in [6, 6.07) is 8.61. The monoisotopic (exact) mass is 257 g/mol. The lowest BCUT2D eigenvalue weighted by Crippen LogP contribution is -2.32. The molecule has 2 aromatic rings. The fraction of sp³-hybridized carbons (Fsp3) is 0.533. The SMILES string of the molecule is CC1C2CNCC2CN1Cc1nc2ccccc2o1. The van der Waals surface area contributed by atoms with E-state index in [1.54, 1.807) is 0 Å². The Bertz CT molecular complexity index is 561. The molecule has 19 heavy (non-hydrogen) atoms. The smallest absolute Gasteiger partial charge is 0.209 e. The number of aromatic nitrogens is 1. The van der Waals surface area contributed by atoms with E-state index in [1.807, 2.05) is 24.3 Å². The summed E-state index contributed by atoms with van der Waals surface area (Å²) in [7, 11) is 0. The quantitative estimate of drug-likeness (QED) is 0.891. The number of nitrogens with zero attached hydrogens (tertiary/aromatic N) is 2. The van der Waals surface area contributed by atoms with Crippen LogP contribution in [0.1, 0.15) is 12.8 Å². The molecule has 0 bridgehead atoms. The number of oxazole rings is 1. The van der Waals surface area contributed by atoms with Gasteiger partial charge in [-0.3, -0.25) is 4.90 Å². The van der Waals surface area contributed by atoms with Crippen molar-refractivity contribution in [2.24, 2.45) is 11.8 Å². The first-order valence-electron chi connectivity index (χ1n) is 7.10. The van der Waals surface area contributed by atoms with Crippen molar-refractivity contribution in [1.82, 2.24) is 15.2 Å². The van der Waals surface area contributed by atoms with Crippen LogP contribution in [0, 0.1) is 11.8 Å². The molecule has 1 aromatic carbocycles. The second kappa shape index (κ2) is 4.32. The molecule has 4 heteroatoms. The summed E-state index contributed by atoms with van der Waals surface area (Å²) in [6.45, 7) is 6.66. The third-order valence-corrected chi connectivity index (χ3v) is 4.73. The molecule has 3 heterocycles. The minimum Gasteiger partial charge on any atom is -0.439 e. The van der Waals surface area contributed by atoms with Crippen LogP contribution in [-0.2, 0) is 6.54 Å². The van der Waals surface area contributed by atoms with Crippen molar-refractivity contribution in [2.75, 3.05) is 19.6 Å². The number of nitrogens with one attached hydrogen (secondary N) is 1. The first-order chi connectivity index (χ1) is 9.31. The summed E-state index contributed by atoms with van der Waals surface area (Å²) < 4.78 is 5.83. The van der Waals surface area contributed by atoms with Gasteiger partial charge in [-0.1, -0.05) is 12.1 Å².